The molecule has 3 N–H and O–H groups in total. The van der Waals surface area contributed by atoms with E-state index < -0.39 is 12.1 Å². The van der Waals surface area contributed by atoms with E-state index in [0.717, 1.165) is 44.9 Å². The Morgan fingerprint density at radius 3 is 1.07 bits per heavy atom. The van der Waals surface area contributed by atoms with Crippen LogP contribution in [0.2, 0.25) is 0 Å². The van der Waals surface area contributed by atoms with Crippen LogP contribution in [0.1, 0.15) is 335 Å². The van der Waals surface area contributed by atoms with Gasteiger partial charge in [0.15, 0.2) is 0 Å². The van der Waals surface area contributed by atoms with Crippen molar-refractivity contribution in [3.63, 3.8) is 0 Å². The Labute approximate surface area is 424 Å². The highest BCUT2D eigenvalue weighted by Gasteiger charge is 2.18. The molecule has 0 saturated carbocycles. The van der Waals surface area contributed by atoms with Gasteiger partial charge >= 0.3 is 5.97 Å². The second-order valence-electron chi connectivity index (χ2n) is 21.0. The van der Waals surface area contributed by atoms with Gasteiger partial charge in [-0.1, -0.05) is 289 Å². The molecule has 0 rings (SSSR count). The number of allylic oxidation sites excluding steroid dienone is 3. The van der Waals surface area contributed by atoms with Crippen molar-refractivity contribution < 1.29 is 24.5 Å². The van der Waals surface area contributed by atoms with Crippen LogP contribution in [-0.4, -0.2) is 47.4 Å². The second-order valence-corrected chi connectivity index (χ2v) is 21.0. The minimum absolute atomic E-state index is 0.00738. The van der Waals surface area contributed by atoms with Crippen LogP contribution in [0.5, 0.6) is 0 Å². The SMILES string of the molecule is CCCCC/C=C\CCCCCCCC(=O)OCCCCCCCCCCCCCCCCCCC(=O)NC(CO)C(O)/C=C/CCCCCCCCCCCCCCCCCCCCCCC. The molecule has 0 fully saturated rings. The number of esters is 1. The van der Waals surface area contributed by atoms with E-state index in [9.17, 15) is 19.8 Å². The molecule has 0 aliphatic carbocycles. The highest BCUT2D eigenvalue weighted by molar-refractivity contribution is 5.76. The number of hydrogen-bond acceptors (Lipinski definition) is 5. The molecule has 0 heterocycles. The topological polar surface area (TPSA) is 95.9 Å². The third-order valence-electron chi connectivity index (χ3n) is 14.2. The van der Waals surface area contributed by atoms with Gasteiger partial charge in [0.25, 0.3) is 0 Å². The van der Waals surface area contributed by atoms with Crippen molar-refractivity contribution in [3.8, 4) is 0 Å². The lowest BCUT2D eigenvalue weighted by atomic mass is 10.0. The largest absolute Gasteiger partial charge is 0.466 e. The summed E-state index contributed by atoms with van der Waals surface area (Å²) in [6, 6.07) is -0.634. The standard InChI is InChI=1S/C62H119NO5/c1-3-5-7-9-11-13-15-17-18-19-20-21-22-23-24-25-28-31-34-38-42-46-50-54-60(65)59(58-64)63-61(66)55-51-47-43-39-35-32-29-26-27-30-33-37-41-45-49-53-57-68-62(67)56-52-48-44-40-36-16-14-12-10-8-6-4-2/h12,14,50,54,59-60,64-65H,3-11,13,15-49,51-53,55-58H2,1-2H3,(H,63,66)/b14-12-,54-50+. The zero-order valence-electron chi connectivity index (χ0n) is 45.9. The lowest BCUT2D eigenvalue weighted by Crippen LogP contribution is -2.45. The van der Waals surface area contributed by atoms with Gasteiger partial charge in [-0.2, -0.15) is 0 Å². The molecule has 0 aliphatic heterocycles. The molecule has 2 unspecified atom stereocenters. The lowest BCUT2D eigenvalue weighted by molar-refractivity contribution is -0.143. The third-order valence-corrected chi connectivity index (χ3v) is 14.2. The first-order chi connectivity index (χ1) is 33.5. The molecule has 0 saturated heterocycles. The van der Waals surface area contributed by atoms with E-state index in [4.69, 9.17) is 4.74 Å². The number of carbonyl (C=O) groups excluding carboxylic acids is 2. The van der Waals surface area contributed by atoms with Crippen molar-refractivity contribution in [1.82, 2.24) is 5.32 Å². The maximum atomic E-state index is 12.5. The van der Waals surface area contributed by atoms with E-state index in [2.05, 4.69) is 31.3 Å². The van der Waals surface area contributed by atoms with Gasteiger partial charge in [-0.05, 0) is 57.8 Å². The number of nitrogens with one attached hydrogen (secondary N) is 1. The first-order valence-corrected chi connectivity index (χ1v) is 30.6. The fourth-order valence-corrected chi connectivity index (χ4v) is 9.51. The molecule has 0 aromatic rings. The van der Waals surface area contributed by atoms with E-state index in [-0.39, 0.29) is 18.5 Å². The van der Waals surface area contributed by atoms with Crippen molar-refractivity contribution in [3.05, 3.63) is 24.3 Å². The molecule has 2 atom stereocenters. The predicted octanol–water partition coefficient (Wildman–Crippen LogP) is 19.0. The summed E-state index contributed by atoms with van der Waals surface area (Å²) in [5, 5.41) is 23.2. The zero-order valence-corrected chi connectivity index (χ0v) is 45.9. The molecule has 0 radical (unpaired) electrons. The number of amides is 1. The Bertz CT molecular complexity index is 1060. The quantitative estimate of drug-likeness (QED) is 0.0321. The van der Waals surface area contributed by atoms with Crippen LogP contribution >= 0.6 is 0 Å². The van der Waals surface area contributed by atoms with Crippen molar-refractivity contribution in [2.24, 2.45) is 0 Å². The van der Waals surface area contributed by atoms with Crippen LogP contribution in [0.4, 0.5) is 0 Å². The van der Waals surface area contributed by atoms with E-state index in [0.29, 0.717) is 19.4 Å². The molecule has 0 aromatic heterocycles. The Balaban J connectivity index is 3.46. The summed E-state index contributed by atoms with van der Waals surface area (Å²) in [4.78, 5) is 24.5. The van der Waals surface area contributed by atoms with E-state index >= 15 is 0 Å². The van der Waals surface area contributed by atoms with Crippen LogP contribution in [-0.2, 0) is 14.3 Å². The Hall–Kier alpha value is -1.66. The number of rotatable bonds is 57. The van der Waals surface area contributed by atoms with Crippen LogP contribution in [0.15, 0.2) is 24.3 Å². The number of hydrogen-bond donors (Lipinski definition) is 3. The first-order valence-electron chi connectivity index (χ1n) is 30.6. The molecular weight excluding hydrogens is 839 g/mol. The summed E-state index contributed by atoms with van der Waals surface area (Å²) in [5.41, 5.74) is 0. The summed E-state index contributed by atoms with van der Waals surface area (Å²) in [7, 11) is 0. The summed E-state index contributed by atoms with van der Waals surface area (Å²) in [6.07, 6.45) is 70.7. The molecule has 6 nitrogen and oxygen atoms in total. The zero-order chi connectivity index (χ0) is 49.3. The van der Waals surface area contributed by atoms with Crippen LogP contribution in [0.3, 0.4) is 0 Å². The van der Waals surface area contributed by atoms with Gasteiger partial charge in [-0.15, -0.1) is 0 Å². The number of aliphatic hydroxyl groups excluding tert-OH is 2. The molecule has 1 amide bonds. The lowest BCUT2D eigenvalue weighted by Gasteiger charge is -2.20. The second kappa shape index (κ2) is 57.9. The fraction of sp³-hybridized carbons (Fsp3) is 0.903. The van der Waals surface area contributed by atoms with Crippen LogP contribution in [0, 0.1) is 0 Å². The Kier molecular flexibility index (Phi) is 56.5. The summed E-state index contributed by atoms with van der Waals surface area (Å²) >= 11 is 0. The van der Waals surface area contributed by atoms with Gasteiger partial charge in [-0.3, -0.25) is 9.59 Å². The average molecular weight is 959 g/mol. The molecule has 0 aliphatic rings. The van der Waals surface area contributed by atoms with Crippen LogP contribution < -0.4 is 5.32 Å². The molecule has 0 bridgehead atoms. The molecule has 0 spiro atoms. The summed E-state index contributed by atoms with van der Waals surface area (Å²) < 4.78 is 5.46. The monoisotopic (exact) mass is 958 g/mol. The average Bonchev–Trinajstić information content (AvgIpc) is 3.34. The van der Waals surface area contributed by atoms with Gasteiger partial charge in [0.05, 0.1) is 25.4 Å². The van der Waals surface area contributed by atoms with Crippen LogP contribution in [0.25, 0.3) is 0 Å². The molecular formula is C62H119NO5. The fourth-order valence-electron chi connectivity index (χ4n) is 9.51. The van der Waals surface area contributed by atoms with Gasteiger partial charge in [0, 0.05) is 12.8 Å². The minimum atomic E-state index is -0.850. The normalized spacial score (nSPS) is 12.7. The van der Waals surface area contributed by atoms with E-state index in [1.54, 1.807) is 6.08 Å². The van der Waals surface area contributed by atoms with Crippen molar-refractivity contribution in [1.29, 1.82) is 0 Å². The van der Waals surface area contributed by atoms with Crippen molar-refractivity contribution in [2.45, 2.75) is 347 Å². The van der Waals surface area contributed by atoms with Gasteiger partial charge in [0.2, 0.25) is 5.91 Å². The molecule has 6 heteroatoms. The third kappa shape index (κ3) is 53.7. The van der Waals surface area contributed by atoms with E-state index in [1.807, 2.05) is 6.08 Å². The molecule has 68 heavy (non-hydrogen) atoms. The van der Waals surface area contributed by atoms with Crippen molar-refractivity contribution in [2.75, 3.05) is 13.2 Å². The van der Waals surface area contributed by atoms with Gasteiger partial charge in [0.1, 0.15) is 0 Å². The van der Waals surface area contributed by atoms with Crippen molar-refractivity contribution >= 4 is 11.9 Å². The molecule has 402 valence electrons. The maximum absolute atomic E-state index is 12.5. The van der Waals surface area contributed by atoms with Gasteiger partial charge in [-0.25, -0.2) is 0 Å². The molecule has 0 aromatic carbocycles. The minimum Gasteiger partial charge on any atom is -0.466 e. The maximum Gasteiger partial charge on any atom is 0.305 e. The predicted molar refractivity (Wildman–Crippen MR) is 296 cm³/mol. The summed E-state index contributed by atoms with van der Waals surface area (Å²) in [6.45, 7) is 4.89. The number of ether oxygens (including phenoxy) is 1. The van der Waals surface area contributed by atoms with E-state index in [1.165, 1.54) is 263 Å². The highest BCUT2D eigenvalue weighted by Crippen LogP contribution is 2.18. The summed E-state index contributed by atoms with van der Waals surface area (Å²) in [5.74, 6) is -0.0792. The number of unbranched alkanes of at least 4 members (excludes halogenated alkanes) is 44. The highest BCUT2D eigenvalue weighted by atomic mass is 16.5. The first kappa shape index (κ1) is 66.3. The Morgan fingerprint density at radius 1 is 0.397 bits per heavy atom. The number of carbonyl (C=O) groups is 2. The Morgan fingerprint density at radius 2 is 0.691 bits per heavy atom. The smallest absolute Gasteiger partial charge is 0.305 e. The van der Waals surface area contributed by atoms with Gasteiger partial charge < -0.3 is 20.3 Å². The number of aliphatic hydroxyl groups is 2.